The lowest BCUT2D eigenvalue weighted by Gasteiger charge is -1.86. The van der Waals surface area contributed by atoms with Crippen LogP contribution in [0.4, 0.5) is 0 Å². The second-order valence-corrected chi connectivity index (χ2v) is 0.781. The smallest absolute Gasteiger partial charge is 0.134 e. The molecule has 0 unspecified atom stereocenters. The molecule has 0 aromatic heterocycles. The van der Waals surface area contributed by atoms with Crippen LogP contribution in [0.2, 0.25) is 0 Å². The van der Waals surface area contributed by atoms with Gasteiger partial charge in [-0.25, -0.2) is 0 Å². The fraction of sp³-hybridized carbons (Fsp3) is 1.00. The maximum absolute atomic E-state index is 4.83. The van der Waals surface area contributed by atoms with Crippen molar-refractivity contribution in [1.82, 2.24) is 0 Å². The molecule has 0 saturated heterocycles. The van der Waals surface area contributed by atoms with Crippen molar-refractivity contribution >= 4 is 15.7 Å². The highest BCUT2D eigenvalue weighted by atomic mass is 16.5. The lowest BCUT2D eigenvalue weighted by atomic mass is 10.2. The molecule has 0 atom stereocenters. The molecule has 5 heavy (non-hydrogen) atoms. The van der Waals surface area contributed by atoms with E-state index in [9.17, 15) is 0 Å². The van der Waals surface area contributed by atoms with Gasteiger partial charge in [0.15, 0.2) is 0 Å². The first-order chi connectivity index (χ1) is 2.41. The molecule has 28 valence electrons. The van der Waals surface area contributed by atoms with Gasteiger partial charge in [0, 0.05) is 13.0 Å². The van der Waals surface area contributed by atoms with E-state index < -0.39 is 0 Å². The number of ether oxygens (including phenoxy) is 1. The Balaban J connectivity index is 2.19. The van der Waals surface area contributed by atoms with Gasteiger partial charge < -0.3 is 4.74 Å². The molecule has 1 nitrogen and oxygen atoms in total. The Morgan fingerprint density at radius 2 is 1.60 bits per heavy atom. The van der Waals surface area contributed by atoms with Crippen LogP contribution in [0.5, 0.6) is 0 Å². The maximum atomic E-state index is 4.83. The molecule has 0 heterocycles. The Hall–Kier alpha value is 0.0899. The van der Waals surface area contributed by atoms with E-state index in [1.807, 2.05) is 15.7 Å². The molecule has 0 fully saturated rings. The van der Waals surface area contributed by atoms with Gasteiger partial charge in [0.1, 0.15) is 15.7 Å². The third kappa shape index (κ3) is 4.09. The predicted octanol–water partition coefficient (Wildman–Crippen LogP) is -1.82. The normalized spacial score (nSPS) is 8.00. The Morgan fingerprint density at radius 3 is 1.60 bits per heavy atom. The van der Waals surface area contributed by atoms with Crippen molar-refractivity contribution in [2.45, 2.75) is 0 Å². The van der Waals surface area contributed by atoms with Crippen LogP contribution < -0.4 is 0 Å². The summed E-state index contributed by atoms with van der Waals surface area (Å²) in [6.07, 6.45) is 0. The quantitative estimate of drug-likeness (QED) is 0.347. The summed E-state index contributed by atoms with van der Waals surface area (Å²) in [4.78, 5) is 0. The highest BCUT2D eigenvalue weighted by Gasteiger charge is 1.65. The van der Waals surface area contributed by atoms with Crippen molar-refractivity contribution in [2.24, 2.45) is 0 Å². The first-order valence-electron chi connectivity index (χ1n) is 1.99. The SMILES string of the molecule is BCOCB. The zero-order valence-electron chi connectivity index (χ0n) is 3.82. The van der Waals surface area contributed by atoms with Gasteiger partial charge >= 0.3 is 0 Å². The van der Waals surface area contributed by atoms with E-state index in [0.717, 1.165) is 13.0 Å². The van der Waals surface area contributed by atoms with Gasteiger partial charge in [-0.2, -0.15) is 0 Å². The molecule has 0 aliphatic rings. The summed E-state index contributed by atoms with van der Waals surface area (Å²) in [5, 5.41) is 0. The molecule has 0 spiro atoms. The first-order valence-corrected chi connectivity index (χ1v) is 1.99. The minimum Gasteiger partial charge on any atom is -0.399 e. The molecule has 0 aliphatic heterocycles. The number of hydrogen-bond donors (Lipinski definition) is 0. The Bertz CT molecular complexity index is 15.1. The Kier molecular flexibility index (Phi) is 4.16. The van der Waals surface area contributed by atoms with Gasteiger partial charge in [-0.15, -0.1) is 0 Å². The van der Waals surface area contributed by atoms with Gasteiger partial charge in [0.2, 0.25) is 0 Å². The average molecular weight is 69.7 g/mol. The van der Waals surface area contributed by atoms with Crippen LogP contribution in [0.25, 0.3) is 0 Å². The van der Waals surface area contributed by atoms with E-state index in [4.69, 9.17) is 4.74 Å². The van der Waals surface area contributed by atoms with Crippen molar-refractivity contribution < 1.29 is 4.74 Å². The van der Waals surface area contributed by atoms with Crippen LogP contribution in [0.3, 0.4) is 0 Å². The Morgan fingerprint density at radius 1 is 1.20 bits per heavy atom. The summed E-state index contributed by atoms with van der Waals surface area (Å²) in [6, 6.07) is 0. The Labute approximate surface area is 34.5 Å². The van der Waals surface area contributed by atoms with Gasteiger partial charge in [-0.1, -0.05) is 0 Å². The number of hydrogen-bond acceptors (Lipinski definition) is 1. The second-order valence-electron chi connectivity index (χ2n) is 0.781. The van der Waals surface area contributed by atoms with E-state index in [2.05, 4.69) is 0 Å². The van der Waals surface area contributed by atoms with Gasteiger partial charge in [-0.3, -0.25) is 0 Å². The molecule has 0 rings (SSSR count). The summed E-state index contributed by atoms with van der Waals surface area (Å²) >= 11 is 0. The fourth-order valence-electron chi connectivity index (χ4n) is 0.204. The molecule has 0 amide bonds. The van der Waals surface area contributed by atoms with Crippen LogP contribution in [0.1, 0.15) is 0 Å². The molecule has 0 aliphatic carbocycles. The van der Waals surface area contributed by atoms with E-state index in [1.54, 1.807) is 0 Å². The largest absolute Gasteiger partial charge is 0.399 e. The minimum absolute atomic E-state index is 0.844. The molecule has 0 aromatic rings. The molecule has 0 saturated carbocycles. The van der Waals surface area contributed by atoms with Gasteiger partial charge in [0.25, 0.3) is 0 Å². The van der Waals surface area contributed by atoms with Crippen molar-refractivity contribution in [3.63, 3.8) is 0 Å². The van der Waals surface area contributed by atoms with E-state index in [0.29, 0.717) is 0 Å². The molecular weight excluding hydrogens is 61.6 g/mol. The summed E-state index contributed by atoms with van der Waals surface area (Å²) in [5.41, 5.74) is 0. The lowest BCUT2D eigenvalue weighted by Crippen LogP contribution is -1.93. The highest BCUT2D eigenvalue weighted by Crippen LogP contribution is 1.55. The zero-order valence-corrected chi connectivity index (χ0v) is 3.82. The highest BCUT2D eigenvalue weighted by molar-refractivity contribution is 6.10. The van der Waals surface area contributed by atoms with Crippen molar-refractivity contribution in [1.29, 1.82) is 0 Å². The third-order valence-electron chi connectivity index (χ3n) is 0.408. The monoisotopic (exact) mass is 70.1 g/mol. The van der Waals surface area contributed by atoms with E-state index in [1.165, 1.54) is 0 Å². The van der Waals surface area contributed by atoms with Crippen LogP contribution in [-0.2, 0) is 4.74 Å². The molecule has 0 radical (unpaired) electrons. The number of rotatable bonds is 2. The molecule has 0 N–H and O–H groups in total. The van der Waals surface area contributed by atoms with Gasteiger partial charge in [0.05, 0.1) is 0 Å². The zero-order chi connectivity index (χ0) is 4.12. The van der Waals surface area contributed by atoms with Crippen LogP contribution in [0.15, 0.2) is 0 Å². The molecule has 0 aromatic carbocycles. The second kappa shape index (κ2) is 4.09. The van der Waals surface area contributed by atoms with Crippen molar-refractivity contribution in [2.75, 3.05) is 13.0 Å². The summed E-state index contributed by atoms with van der Waals surface area (Å²) in [7, 11) is 3.98. The average Bonchev–Trinajstić information content (AvgIpc) is 1.41. The third-order valence-corrected chi connectivity index (χ3v) is 0.408. The molecular formula is C2H8B2O. The minimum atomic E-state index is 0.844. The van der Waals surface area contributed by atoms with Crippen LogP contribution in [0, 0.1) is 0 Å². The van der Waals surface area contributed by atoms with Crippen LogP contribution >= 0.6 is 0 Å². The van der Waals surface area contributed by atoms with E-state index in [-0.39, 0.29) is 0 Å². The summed E-state index contributed by atoms with van der Waals surface area (Å²) < 4.78 is 4.83. The maximum Gasteiger partial charge on any atom is 0.134 e. The standard InChI is InChI=1S/C2H8B2O/c3-1-5-2-4/h1-4H2. The summed E-state index contributed by atoms with van der Waals surface area (Å²) in [5.74, 6) is 0. The first kappa shape index (κ1) is 5.09. The van der Waals surface area contributed by atoms with Crippen molar-refractivity contribution in [3.8, 4) is 0 Å². The van der Waals surface area contributed by atoms with Gasteiger partial charge in [-0.05, 0) is 0 Å². The summed E-state index contributed by atoms with van der Waals surface area (Å²) in [6.45, 7) is 1.69. The van der Waals surface area contributed by atoms with Crippen LogP contribution in [-0.4, -0.2) is 28.7 Å². The lowest BCUT2D eigenvalue weighted by molar-refractivity contribution is 0.231. The van der Waals surface area contributed by atoms with E-state index >= 15 is 0 Å². The molecule has 0 bridgehead atoms. The van der Waals surface area contributed by atoms with Crippen molar-refractivity contribution in [3.05, 3.63) is 0 Å². The molecule has 3 heteroatoms. The topological polar surface area (TPSA) is 9.23 Å². The fourth-order valence-corrected chi connectivity index (χ4v) is 0.204. The predicted molar refractivity (Wildman–Crippen MR) is 27.9 cm³/mol.